The van der Waals surface area contributed by atoms with Crippen molar-refractivity contribution in [2.45, 2.75) is 36.9 Å². The summed E-state index contributed by atoms with van der Waals surface area (Å²) in [4.78, 5) is 10.3. The number of carbonyl (C=O) groups is 1. The molecule has 6 nitrogen and oxygen atoms in total. The zero-order chi connectivity index (χ0) is 14.4. The third-order valence-corrected chi connectivity index (χ3v) is 2.87. The second-order valence-corrected chi connectivity index (χ2v) is 4.36. The molecule has 0 aliphatic carbocycles. The first-order valence-electron chi connectivity index (χ1n) is 5.87. The van der Waals surface area contributed by atoms with Crippen LogP contribution in [0.5, 0.6) is 0 Å². The van der Waals surface area contributed by atoms with Crippen LogP contribution in [0.15, 0.2) is 30.3 Å². The standard InChI is InChI=1S/C13H18O6/c14-7-10(16)12(18)13(19)11(17)9(15)6-8-4-2-1-3-5-8/h1-5,7,9-13,15-19H,6H2/t9?,10-,11+,12+,13+/m0/s1. The highest BCUT2D eigenvalue weighted by molar-refractivity contribution is 5.56. The van der Waals surface area contributed by atoms with Crippen molar-refractivity contribution >= 4 is 6.29 Å². The van der Waals surface area contributed by atoms with Crippen LogP contribution < -0.4 is 0 Å². The van der Waals surface area contributed by atoms with Gasteiger partial charge >= 0.3 is 0 Å². The van der Waals surface area contributed by atoms with E-state index in [9.17, 15) is 25.2 Å². The molecule has 6 heteroatoms. The van der Waals surface area contributed by atoms with Crippen LogP contribution in [0.25, 0.3) is 0 Å². The number of carbonyl (C=O) groups excluding carboxylic acids is 1. The first kappa shape index (κ1) is 15.7. The van der Waals surface area contributed by atoms with Crippen LogP contribution in [0, 0.1) is 0 Å². The van der Waals surface area contributed by atoms with Crippen LogP contribution in [0.3, 0.4) is 0 Å². The molecule has 1 aromatic carbocycles. The fraction of sp³-hybridized carbons (Fsp3) is 0.462. The average Bonchev–Trinajstić information content (AvgIpc) is 2.44. The van der Waals surface area contributed by atoms with Crippen molar-refractivity contribution < 1.29 is 30.3 Å². The quantitative estimate of drug-likeness (QED) is 0.374. The van der Waals surface area contributed by atoms with Gasteiger partial charge in [-0.2, -0.15) is 0 Å². The van der Waals surface area contributed by atoms with E-state index in [1.54, 1.807) is 30.3 Å². The monoisotopic (exact) mass is 270 g/mol. The Bertz CT molecular complexity index is 382. The SMILES string of the molecule is O=C[C@H](O)[C@@H](O)[C@H](O)[C@H](O)C(O)Cc1ccccc1. The third-order valence-electron chi connectivity index (χ3n) is 2.87. The lowest BCUT2D eigenvalue weighted by atomic mass is 9.96. The molecule has 106 valence electrons. The van der Waals surface area contributed by atoms with E-state index in [2.05, 4.69) is 0 Å². The molecule has 19 heavy (non-hydrogen) atoms. The predicted molar refractivity (Wildman–Crippen MR) is 66.2 cm³/mol. The Balaban J connectivity index is 2.61. The number of benzene rings is 1. The van der Waals surface area contributed by atoms with E-state index < -0.39 is 30.5 Å². The first-order valence-corrected chi connectivity index (χ1v) is 5.87. The molecule has 1 rings (SSSR count). The summed E-state index contributed by atoms with van der Waals surface area (Å²) < 4.78 is 0. The van der Waals surface area contributed by atoms with E-state index in [0.29, 0.717) is 0 Å². The third kappa shape index (κ3) is 4.38. The molecule has 1 aromatic rings. The van der Waals surface area contributed by atoms with Gasteiger partial charge in [0, 0.05) is 6.42 Å². The van der Waals surface area contributed by atoms with Crippen molar-refractivity contribution in [1.29, 1.82) is 0 Å². The maximum atomic E-state index is 10.3. The summed E-state index contributed by atoms with van der Waals surface area (Å²) in [6, 6.07) is 8.79. The van der Waals surface area contributed by atoms with Gasteiger partial charge in [-0.05, 0) is 5.56 Å². The molecular formula is C13H18O6. The van der Waals surface area contributed by atoms with E-state index in [4.69, 9.17) is 5.11 Å². The van der Waals surface area contributed by atoms with Crippen LogP contribution in [0.2, 0.25) is 0 Å². The van der Waals surface area contributed by atoms with Crippen molar-refractivity contribution in [2.24, 2.45) is 0 Å². The Kier molecular flexibility index (Phi) is 6.07. The summed E-state index contributed by atoms with van der Waals surface area (Å²) >= 11 is 0. The lowest BCUT2D eigenvalue weighted by Crippen LogP contribution is -2.49. The summed E-state index contributed by atoms with van der Waals surface area (Å²) in [5.74, 6) is 0. The van der Waals surface area contributed by atoms with Gasteiger partial charge in [-0.15, -0.1) is 0 Å². The van der Waals surface area contributed by atoms with E-state index in [-0.39, 0.29) is 12.7 Å². The van der Waals surface area contributed by atoms with Gasteiger partial charge < -0.3 is 30.3 Å². The lowest BCUT2D eigenvalue weighted by Gasteiger charge is -2.27. The normalized spacial score (nSPS) is 19.2. The minimum Gasteiger partial charge on any atom is -0.390 e. The van der Waals surface area contributed by atoms with Gasteiger partial charge in [0.25, 0.3) is 0 Å². The molecule has 5 atom stereocenters. The molecular weight excluding hydrogens is 252 g/mol. The topological polar surface area (TPSA) is 118 Å². The summed E-state index contributed by atoms with van der Waals surface area (Å²) in [7, 11) is 0. The second kappa shape index (κ2) is 7.32. The Morgan fingerprint density at radius 3 is 2.00 bits per heavy atom. The van der Waals surface area contributed by atoms with E-state index in [0.717, 1.165) is 5.56 Å². The Hall–Kier alpha value is -1.31. The van der Waals surface area contributed by atoms with Gasteiger partial charge in [0.05, 0.1) is 6.10 Å². The number of aliphatic hydroxyl groups excluding tert-OH is 5. The summed E-state index contributed by atoms with van der Waals surface area (Å²) in [5, 5.41) is 47.4. The van der Waals surface area contributed by atoms with Crippen LogP contribution >= 0.6 is 0 Å². The van der Waals surface area contributed by atoms with Gasteiger partial charge in [0.1, 0.15) is 24.4 Å². The lowest BCUT2D eigenvalue weighted by molar-refractivity contribution is -0.144. The Morgan fingerprint density at radius 1 is 0.895 bits per heavy atom. The first-order chi connectivity index (χ1) is 8.97. The van der Waals surface area contributed by atoms with Crippen molar-refractivity contribution in [1.82, 2.24) is 0 Å². The Labute approximate surface area is 110 Å². The van der Waals surface area contributed by atoms with Gasteiger partial charge in [0.2, 0.25) is 0 Å². The molecule has 0 spiro atoms. The van der Waals surface area contributed by atoms with Gasteiger partial charge in [-0.3, -0.25) is 0 Å². The van der Waals surface area contributed by atoms with Crippen molar-refractivity contribution in [3.63, 3.8) is 0 Å². The molecule has 0 radical (unpaired) electrons. The summed E-state index contributed by atoms with van der Waals surface area (Å²) in [6.07, 6.45) is -8.37. The molecule has 5 N–H and O–H groups in total. The molecule has 0 saturated carbocycles. The second-order valence-electron chi connectivity index (χ2n) is 4.36. The molecule has 0 amide bonds. The van der Waals surface area contributed by atoms with Crippen molar-refractivity contribution in [3.8, 4) is 0 Å². The van der Waals surface area contributed by atoms with Gasteiger partial charge in [-0.1, -0.05) is 30.3 Å². The smallest absolute Gasteiger partial charge is 0.151 e. The highest BCUT2D eigenvalue weighted by atomic mass is 16.4. The van der Waals surface area contributed by atoms with Crippen molar-refractivity contribution in [3.05, 3.63) is 35.9 Å². The molecule has 0 aliphatic rings. The fourth-order valence-electron chi connectivity index (χ4n) is 1.69. The predicted octanol–water partition coefficient (Wildman–Crippen LogP) is -1.77. The van der Waals surface area contributed by atoms with E-state index in [1.807, 2.05) is 0 Å². The van der Waals surface area contributed by atoms with E-state index in [1.165, 1.54) is 0 Å². The van der Waals surface area contributed by atoms with Crippen LogP contribution in [-0.2, 0) is 11.2 Å². The number of rotatable bonds is 7. The maximum Gasteiger partial charge on any atom is 0.151 e. The molecule has 0 heterocycles. The summed E-state index contributed by atoms with van der Waals surface area (Å²) in [6.45, 7) is 0. The number of aliphatic hydroxyl groups is 5. The van der Waals surface area contributed by atoms with Crippen LogP contribution in [-0.4, -0.2) is 62.3 Å². The highest BCUT2D eigenvalue weighted by Gasteiger charge is 2.34. The zero-order valence-corrected chi connectivity index (χ0v) is 10.2. The van der Waals surface area contributed by atoms with Gasteiger partial charge in [-0.25, -0.2) is 0 Å². The largest absolute Gasteiger partial charge is 0.390 e. The summed E-state index contributed by atoms with van der Waals surface area (Å²) in [5.41, 5.74) is 0.742. The molecule has 0 bridgehead atoms. The molecule has 0 aliphatic heterocycles. The van der Waals surface area contributed by atoms with Crippen LogP contribution in [0.1, 0.15) is 5.56 Å². The number of hydrogen-bond donors (Lipinski definition) is 5. The Morgan fingerprint density at radius 2 is 1.47 bits per heavy atom. The van der Waals surface area contributed by atoms with Crippen molar-refractivity contribution in [2.75, 3.05) is 0 Å². The zero-order valence-electron chi connectivity index (χ0n) is 10.2. The van der Waals surface area contributed by atoms with Crippen LogP contribution in [0.4, 0.5) is 0 Å². The van der Waals surface area contributed by atoms with E-state index >= 15 is 0 Å². The fourth-order valence-corrected chi connectivity index (χ4v) is 1.69. The minimum atomic E-state index is -1.85. The highest BCUT2D eigenvalue weighted by Crippen LogP contribution is 2.12. The van der Waals surface area contributed by atoms with Gasteiger partial charge in [0.15, 0.2) is 6.29 Å². The number of aldehydes is 1. The number of hydrogen-bond acceptors (Lipinski definition) is 6. The molecule has 1 unspecified atom stereocenters. The molecule has 0 fully saturated rings. The minimum absolute atomic E-state index is 0.0458. The average molecular weight is 270 g/mol. The molecule has 0 saturated heterocycles. The maximum absolute atomic E-state index is 10.3. The molecule has 0 aromatic heterocycles.